The Morgan fingerprint density at radius 2 is 1.05 bits per heavy atom. The third-order valence-corrected chi connectivity index (χ3v) is 18.6. The molecule has 0 aromatic heterocycles. The van der Waals surface area contributed by atoms with Gasteiger partial charge < -0.3 is 0 Å². The van der Waals surface area contributed by atoms with E-state index in [4.69, 9.17) is 26.2 Å². The number of carboxylic acid groups (broad SMARTS) is 4. The average Bonchev–Trinajstić information content (AvgIpc) is 2.21. The molecule has 0 spiro atoms. The number of aliphatic carboxylic acids is 4. The van der Waals surface area contributed by atoms with Gasteiger partial charge in [-0.05, 0) is 0 Å². The second-order valence-corrected chi connectivity index (χ2v) is 20.7. The van der Waals surface area contributed by atoms with Crippen molar-refractivity contribution in [3.63, 3.8) is 0 Å². The number of carbonyl (C=O) groups is 4. The summed E-state index contributed by atoms with van der Waals surface area (Å²) in [4.78, 5) is 44.5. The molecule has 0 rings (SSSR count). The van der Waals surface area contributed by atoms with Crippen LogP contribution in [0.3, 0.4) is 0 Å². The van der Waals surface area contributed by atoms with Gasteiger partial charge in [0.05, 0.1) is 0 Å². The van der Waals surface area contributed by atoms with Gasteiger partial charge in [0.15, 0.2) is 0 Å². The van der Waals surface area contributed by atoms with Gasteiger partial charge in [-0.3, -0.25) is 0 Å². The van der Waals surface area contributed by atoms with Crippen molar-refractivity contribution in [3.8, 4) is 0 Å². The summed E-state index contributed by atoms with van der Waals surface area (Å²) in [6.45, 7) is -0.0386. The van der Waals surface area contributed by atoms with E-state index in [0.717, 1.165) is 0 Å². The van der Waals surface area contributed by atoms with Crippen molar-refractivity contribution in [2.75, 3.05) is 13.1 Å². The van der Waals surface area contributed by atoms with Crippen LogP contribution in [0.5, 0.6) is 0 Å². The minimum atomic E-state index is -5.31. The first-order valence-corrected chi connectivity index (χ1v) is 14.4. The molecule has 0 aliphatic rings. The van der Waals surface area contributed by atoms with Gasteiger partial charge in [0.2, 0.25) is 0 Å². The molecule has 0 saturated carbocycles. The van der Waals surface area contributed by atoms with Gasteiger partial charge in [-0.15, -0.1) is 0 Å². The second kappa shape index (κ2) is 7.58. The Morgan fingerprint density at radius 1 is 0.762 bits per heavy atom. The average molecular weight is 417 g/mol. The van der Waals surface area contributed by atoms with Crippen LogP contribution in [0.1, 0.15) is 0 Å². The number of hydrogen-bond acceptors (Lipinski definition) is 6. The molecule has 10 nitrogen and oxygen atoms in total. The van der Waals surface area contributed by atoms with Crippen LogP contribution in [0.25, 0.3) is 0 Å². The van der Waals surface area contributed by atoms with E-state index in [1.165, 1.54) is 0 Å². The van der Waals surface area contributed by atoms with Crippen molar-refractivity contribution in [3.05, 3.63) is 0 Å². The molecule has 11 heteroatoms. The fraction of sp³-hybridized carbons (Fsp3) is 0.600. The van der Waals surface area contributed by atoms with Gasteiger partial charge in [-0.25, -0.2) is 0 Å². The van der Waals surface area contributed by atoms with E-state index in [-0.39, 0.29) is 13.1 Å². The molecular weight excluding hydrogens is 398 g/mol. The van der Waals surface area contributed by atoms with Crippen LogP contribution in [0, 0.1) is 0 Å². The van der Waals surface area contributed by atoms with Gasteiger partial charge in [0, 0.05) is 0 Å². The van der Waals surface area contributed by atoms with Gasteiger partial charge in [-0.1, -0.05) is 0 Å². The molecule has 0 fully saturated rings. The third-order valence-electron chi connectivity index (χ3n) is 2.90. The summed E-state index contributed by atoms with van der Waals surface area (Å²) in [5.74, 6) is -5.70. The molecule has 122 valence electrons. The monoisotopic (exact) mass is 416 g/mol. The molecule has 0 saturated heterocycles. The van der Waals surface area contributed by atoms with Gasteiger partial charge in [-0.2, -0.15) is 0 Å². The maximum absolute atomic E-state index is 11.1. The van der Waals surface area contributed by atoms with Gasteiger partial charge in [0.1, 0.15) is 0 Å². The number of carboxylic acids is 4. The zero-order chi connectivity index (χ0) is 16.7. The van der Waals surface area contributed by atoms with E-state index >= 15 is 0 Å². The molecule has 0 radical (unpaired) electrons. The predicted octanol–water partition coefficient (Wildman–Crippen LogP) is -1.23. The molecule has 0 aliphatic heterocycles. The van der Waals surface area contributed by atoms with Crippen LogP contribution >= 0.6 is 0 Å². The first kappa shape index (κ1) is 19.6. The Hall–Kier alpha value is -1.38. The van der Waals surface area contributed by atoms with E-state index < -0.39 is 59.0 Å². The molecule has 0 heterocycles. The maximum atomic E-state index is 11.1. The Bertz CT molecular complexity index is 377. The Labute approximate surface area is 121 Å². The molecular formula is C10H19N2O8Sb. The predicted molar refractivity (Wildman–Crippen MR) is 72.6 cm³/mol. The van der Waals surface area contributed by atoms with Crippen LogP contribution in [-0.2, 0) is 19.2 Å². The molecule has 0 aromatic carbocycles. The number of nitrogens with one attached hydrogen (secondary N) is 1. The van der Waals surface area contributed by atoms with E-state index in [9.17, 15) is 19.2 Å². The zero-order valence-corrected chi connectivity index (χ0v) is 13.7. The van der Waals surface area contributed by atoms with Gasteiger partial charge >= 0.3 is 121 Å². The van der Waals surface area contributed by atoms with Crippen molar-refractivity contribution in [2.24, 2.45) is 5.73 Å². The molecule has 0 amide bonds. The summed E-state index contributed by atoms with van der Waals surface area (Å²) in [5, 5.41) is 36.2. The van der Waals surface area contributed by atoms with E-state index in [0.29, 0.717) is 0 Å². The summed E-state index contributed by atoms with van der Waals surface area (Å²) in [6, 6.07) is 0. The van der Waals surface area contributed by atoms with Crippen molar-refractivity contribution in [2.45, 2.75) is 17.5 Å². The molecule has 0 aliphatic carbocycles. The summed E-state index contributed by atoms with van der Waals surface area (Å²) in [5.41, 5.74) is 5.30. The van der Waals surface area contributed by atoms with Crippen LogP contribution < -0.4 is 9.21 Å². The van der Waals surface area contributed by atoms with Crippen molar-refractivity contribution in [1.82, 2.24) is 3.48 Å². The first-order chi connectivity index (χ1) is 9.54. The number of nitrogens with two attached hydrogens (primary N) is 1. The van der Waals surface area contributed by atoms with E-state index in [2.05, 4.69) is 3.48 Å². The Morgan fingerprint density at radius 3 is 1.24 bits per heavy atom. The third kappa shape index (κ3) is 6.28. The molecule has 21 heavy (non-hydrogen) atoms. The fourth-order valence-corrected chi connectivity index (χ4v) is 15.8. The number of hydrogen-bond donors (Lipinski definition) is 6. The topological polar surface area (TPSA) is 187 Å². The molecule has 0 unspecified atom stereocenters. The number of rotatable bonds is 11. The van der Waals surface area contributed by atoms with Crippen molar-refractivity contribution >= 4 is 41.6 Å². The summed E-state index contributed by atoms with van der Waals surface area (Å²) in [6.07, 6.45) is 0. The fourth-order valence-electron chi connectivity index (χ4n) is 2.36. The standard InChI is InChI=1S/C2H7N2.4C2H3O2.Sb/c3-1-2-4;4*1-2(3)4;/h3H,1-2,4H2;4*1H2,(H,3,4);/q-1;;;;;+1. The van der Waals surface area contributed by atoms with Crippen molar-refractivity contribution < 1.29 is 39.6 Å². The molecule has 0 aromatic rings. The normalized spacial score (nSPS) is 13.1. The van der Waals surface area contributed by atoms with E-state index in [1.807, 2.05) is 0 Å². The van der Waals surface area contributed by atoms with Gasteiger partial charge in [0.25, 0.3) is 0 Å². The van der Waals surface area contributed by atoms with Crippen LogP contribution in [0.2, 0.25) is 17.5 Å². The summed E-state index contributed by atoms with van der Waals surface area (Å²) in [7, 11) is 0. The van der Waals surface area contributed by atoms with Crippen LogP contribution in [-0.4, -0.2) is 75.1 Å². The molecule has 0 atom stereocenters. The minimum absolute atomic E-state index is 0.000294. The molecule has 0 bridgehead atoms. The van der Waals surface area contributed by atoms with Crippen LogP contribution in [0.15, 0.2) is 0 Å². The Balaban J connectivity index is 6.04. The second-order valence-electron chi connectivity index (χ2n) is 4.88. The summed E-state index contributed by atoms with van der Waals surface area (Å²) >= 11 is -5.31. The first-order valence-electron chi connectivity index (χ1n) is 5.88. The Kier molecular flexibility index (Phi) is 7.08. The van der Waals surface area contributed by atoms with Crippen molar-refractivity contribution in [1.29, 1.82) is 0 Å². The van der Waals surface area contributed by atoms with E-state index in [1.54, 1.807) is 0 Å². The zero-order valence-electron chi connectivity index (χ0n) is 11.2. The quantitative estimate of drug-likeness (QED) is 0.222. The van der Waals surface area contributed by atoms with Crippen LogP contribution in [0.4, 0.5) is 0 Å². The summed E-state index contributed by atoms with van der Waals surface area (Å²) < 4.78 is -0.443. The SMILES string of the molecule is NCC[NH][Sb]([CH2]C(=O)O)([CH2]C(=O)O)([CH2]C(=O)O)[CH2]C(=O)O. The molecule has 7 N–H and O–H groups in total.